The van der Waals surface area contributed by atoms with E-state index in [1.807, 2.05) is 13.8 Å². The van der Waals surface area contributed by atoms with Gasteiger partial charge in [0, 0.05) is 24.7 Å². The second-order valence-electron chi connectivity index (χ2n) is 4.08. The fraction of sp³-hybridized carbons (Fsp3) is 1.00. The van der Waals surface area contributed by atoms with Crippen LogP contribution in [0.2, 0.25) is 0 Å². The summed E-state index contributed by atoms with van der Waals surface area (Å²) in [5.41, 5.74) is 0. The minimum absolute atomic E-state index is 0.0966. The molecule has 0 N–H and O–H groups in total. The van der Waals surface area contributed by atoms with Crippen molar-refractivity contribution in [2.24, 2.45) is 0 Å². The zero-order chi connectivity index (χ0) is 15.7. The van der Waals surface area contributed by atoms with Crippen molar-refractivity contribution in [3.63, 3.8) is 0 Å². The van der Waals surface area contributed by atoms with Gasteiger partial charge < -0.3 is 4.74 Å². The first-order valence-electron chi connectivity index (χ1n) is 6.62. The normalized spacial score (nSPS) is 12.7. The number of rotatable bonds is 7. The van der Waals surface area contributed by atoms with Crippen LogP contribution in [-0.2, 0) is 24.4 Å². The lowest BCUT2D eigenvalue weighted by molar-refractivity contribution is 0.162. The van der Waals surface area contributed by atoms with E-state index >= 15 is 0 Å². The Labute approximate surface area is 118 Å². The number of hydrogen-bond acceptors (Lipinski definition) is 5. The molecule has 0 heterocycles. The third-order valence-corrected chi connectivity index (χ3v) is 9.38. The quantitative estimate of drug-likeness (QED) is 0.718. The summed E-state index contributed by atoms with van der Waals surface area (Å²) in [6.45, 7) is 11.5. The summed E-state index contributed by atoms with van der Waals surface area (Å²) in [7, 11) is -7.14. The van der Waals surface area contributed by atoms with Gasteiger partial charge in [0.25, 0.3) is 0 Å². The molecule has 0 amide bonds. The minimum atomic E-state index is -3.57. The molecule has 0 atom stereocenters. The van der Waals surface area contributed by atoms with Crippen LogP contribution in [0.15, 0.2) is 0 Å². The molecule has 118 valence electrons. The van der Waals surface area contributed by atoms with Crippen molar-refractivity contribution in [2.75, 3.05) is 24.7 Å². The van der Waals surface area contributed by atoms with Gasteiger partial charge >= 0.3 is 0 Å². The van der Waals surface area contributed by atoms with Crippen LogP contribution in [0.25, 0.3) is 0 Å². The van der Waals surface area contributed by atoms with Crippen molar-refractivity contribution in [1.29, 1.82) is 0 Å². The van der Waals surface area contributed by atoms with E-state index in [9.17, 15) is 16.8 Å². The first kappa shape index (κ1) is 21.2. The molecule has 5 nitrogen and oxygen atoms in total. The first-order chi connectivity index (χ1) is 8.60. The summed E-state index contributed by atoms with van der Waals surface area (Å²) in [5, 5.41) is 0. The molecule has 0 unspecified atom stereocenters. The summed E-state index contributed by atoms with van der Waals surface area (Å²) >= 11 is 0. The summed E-state index contributed by atoms with van der Waals surface area (Å²) in [5.74, 6) is -0.285. The van der Waals surface area contributed by atoms with E-state index < -0.39 is 23.8 Å². The van der Waals surface area contributed by atoms with E-state index in [0.29, 0.717) is 0 Å². The Bertz CT molecular complexity index is 387. The van der Waals surface area contributed by atoms with Crippen molar-refractivity contribution >= 4 is 19.7 Å². The molecule has 0 fully saturated rings. The van der Waals surface area contributed by atoms with E-state index in [4.69, 9.17) is 4.74 Å². The average Bonchev–Trinajstić information content (AvgIpc) is 2.38. The van der Waals surface area contributed by atoms with E-state index in [2.05, 4.69) is 0 Å². The molecule has 0 radical (unpaired) electrons. The van der Waals surface area contributed by atoms with Crippen LogP contribution in [0.3, 0.4) is 0 Å². The first-order valence-corrected chi connectivity index (χ1v) is 9.92. The molecule has 0 aliphatic heterocycles. The highest BCUT2D eigenvalue weighted by molar-refractivity contribution is 8.10. The lowest BCUT2D eigenvalue weighted by Crippen LogP contribution is -2.44. The van der Waals surface area contributed by atoms with Gasteiger partial charge in [-0.15, -0.1) is 0 Å². The highest BCUT2D eigenvalue weighted by Crippen LogP contribution is 2.29. The highest BCUT2D eigenvalue weighted by atomic mass is 32.3. The molecule has 0 bridgehead atoms. The number of hydrogen-bond donors (Lipinski definition) is 0. The fourth-order valence-electron chi connectivity index (χ4n) is 1.45. The maximum absolute atomic E-state index is 11.7. The van der Waals surface area contributed by atoms with E-state index in [1.165, 1.54) is 20.8 Å². The van der Waals surface area contributed by atoms with Crippen molar-refractivity contribution in [3.05, 3.63) is 0 Å². The highest BCUT2D eigenvalue weighted by Gasteiger charge is 2.47. The molecule has 0 rings (SSSR count). The van der Waals surface area contributed by atoms with Crippen molar-refractivity contribution in [1.82, 2.24) is 0 Å². The van der Waals surface area contributed by atoms with Crippen LogP contribution in [-0.4, -0.2) is 45.6 Å². The Morgan fingerprint density at radius 1 is 0.789 bits per heavy atom. The predicted octanol–water partition coefficient (Wildman–Crippen LogP) is 2.02. The van der Waals surface area contributed by atoms with Gasteiger partial charge in [-0.3, -0.25) is 0 Å². The van der Waals surface area contributed by atoms with Crippen molar-refractivity contribution in [3.8, 4) is 0 Å². The zero-order valence-corrected chi connectivity index (χ0v) is 14.5. The van der Waals surface area contributed by atoms with Gasteiger partial charge in [-0.1, -0.05) is 20.8 Å². The van der Waals surface area contributed by atoms with Crippen LogP contribution in [0.4, 0.5) is 0 Å². The second-order valence-corrected chi connectivity index (χ2v) is 9.75. The molecule has 19 heavy (non-hydrogen) atoms. The smallest absolute Gasteiger partial charge is 0.170 e. The molecule has 0 aliphatic carbocycles. The minimum Gasteiger partial charge on any atom is -0.382 e. The van der Waals surface area contributed by atoms with Gasteiger partial charge in [0.1, 0.15) is 0 Å². The van der Waals surface area contributed by atoms with Gasteiger partial charge in [0.05, 0.1) is 0 Å². The molecule has 0 spiro atoms. The summed E-state index contributed by atoms with van der Waals surface area (Å²) < 4.78 is 49.9. The zero-order valence-electron chi connectivity index (χ0n) is 12.9. The SMILES string of the molecule is CCC(C)(S(=O)(=O)CC)S(=O)(=O)CC.CCOCC. The third-order valence-electron chi connectivity index (χ3n) is 3.13. The van der Waals surface area contributed by atoms with E-state index in [0.717, 1.165) is 13.2 Å². The molecule has 0 aromatic carbocycles. The van der Waals surface area contributed by atoms with Crippen LogP contribution >= 0.6 is 0 Å². The Balaban J connectivity index is 0. The molecular weight excluding hydrogens is 288 g/mol. The fourth-order valence-corrected chi connectivity index (χ4v) is 5.80. The Morgan fingerprint density at radius 3 is 1.21 bits per heavy atom. The molecule has 0 saturated heterocycles. The largest absolute Gasteiger partial charge is 0.382 e. The Morgan fingerprint density at radius 2 is 1.11 bits per heavy atom. The van der Waals surface area contributed by atoms with Gasteiger partial charge in [-0.05, 0) is 27.2 Å². The maximum Gasteiger partial charge on any atom is 0.170 e. The second kappa shape index (κ2) is 8.92. The molecule has 7 heteroatoms. The van der Waals surface area contributed by atoms with Crippen LogP contribution in [0, 0.1) is 0 Å². The summed E-state index contributed by atoms with van der Waals surface area (Å²) in [4.78, 5) is 0. The molecular formula is C12H28O5S2. The standard InChI is InChI=1S/C8H18O4S2.C4H10O/c1-5-8(4,13(9,10)6-2)14(11,12)7-3;1-3-5-4-2/h5-7H2,1-4H3;3-4H2,1-2H3. The lowest BCUT2D eigenvalue weighted by atomic mass is 10.4. The van der Waals surface area contributed by atoms with Gasteiger partial charge in [-0.2, -0.15) is 0 Å². The Hall–Kier alpha value is -0.140. The van der Waals surface area contributed by atoms with Crippen LogP contribution in [0.5, 0.6) is 0 Å². The number of sulfone groups is 2. The van der Waals surface area contributed by atoms with Gasteiger partial charge in [0.2, 0.25) is 0 Å². The molecule has 0 aromatic rings. The van der Waals surface area contributed by atoms with Crippen LogP contribution < -0.4 is 0 Å². The van der Waals surface area contributed by atoms with Gasteiger partial charge in [0.15, 0.2) is 23.8 Å². The molecule has 0 saturated carbocycles. The lowest BCUT2D eigenvalue weighted by Gasteiger charge is -2.26. The number of ether oxygens (including phenoxy) is 1. The van der Waals surface area contributed by atoms with Crippen LogP contribution in [0.1, 0.15) is 48.0 Å². The average molecular weight is 316 g/mol. The van der Waals surface area contributed by atoms with Crippen molar-refractivity contribution in [2.45, 2.75) is 52.0 Å². The summed E-state index contributed by atoms with van der Waals surface area (Å²) in [6, 6.07) is 0. The van der Waals surface area contributed by atoms with Gasteiger partial charge in [-0.25, -0.2) is 16.8 Å². The molecule has 0 aliphatic rings. The van der Waals surface area contributed by atoms with E-state index in [-0.39, 0.29) is 17.9 Å². The Kier molecular flexibility index (Phi) is 9.93. The topological polar surface area (TPSA) is 77.5 Å². The third kappa shape index (κ3) is 5.39. The summed E-state index contributed by atoms with van der Waals surface area (Å²) in [6.07, 6.45) is 0.0966. The maximum atomic E-state index is 11.7. The van der Waals surface area contributed by atoms with Crippen molar-refractivity contribution < 1.29 is 21.6 Å². The molecule has 0 aromatic heterocycles. The monoisotopic (exact) mass is 316 g/mol. The van der Waals surface area contributed by atoms with E-state index in [1.54, 1.807) is 6.92 Å². The predicted molar refractivity (Wildman–Crippen MR) is 79.8 cm³/mol.